The Kier molecular flexibility index (Phi) is 4.37. The number of likely N-dealkylation sites (N-methyl/N-ethyl adjacent to an activating group) is 1. The molecule has 5 heteroatoms. The van der Waals surface area contributed by atoms with Gasteiger partial charge in [-0.05, 0) is 26.1 Å². The molecule has 0 saturated carbocycles. The summed E-state index contributed by atoms with van der Waals surface area (Å²) in [7, 11) is 2.14. The largest absolute Gasteiger partial charge is 0.354 e. The van der Waals surface area contributed by atoms with Gasteiger partial charge in [0.1, 0.15) is 5.82 Å². The molecule has 0 aromatic carbocycles. The lowest BCUT2D eigenvalue weighted by Crippen LogP contribution is -2.44. The Morgan fingerprint density at radius 2 is 2.00 bits per heavy atom. The third-order valence-electron chi connectivity index (χ3n) is 3.45. The van der Waals surface area contributed by atoms with Gasteiger partial charge in [0, 0.05) is 33.1 Å². The Morgan fingerprint density at radius 1 is 1.32 bits per heavy atom. The van der Waals surface area contributed by atoms with Crippen LogP contribution in [0.2, 0.25) is 0 Å². The summed E-state index contributed by atoms with van der Waals surface area (Å²) in [5.74, 6) is 0.974. The van der Waals surface area contributed by atoms with Crippen molar-refractivity contribution in [3.63, 3.8) is 0 Å². The van der Waals surface area contributed by atoms with E-state index in [0.717, 1.165) is 37.7 Å². The standard InChI is InChI=1S/C14H22N4O/c1-11(15-12(2)19)13-5-4-6-14(16-13)18-9-7-17(3)8-10-18/h4-6,11H,7-10H2,1-3H3,(H,15,19)/t11-/m1/s1. The van der Waals surface area contributed by atoms with Gasteiger partial charge in [-0.15, -0.1) is 0 Å². The van der Waals surface area contributed by atoms with Crippen LogP contribution in [0.3, 0.4) is 0 Å². The second kappa shape index (κ2) is 6.02. The van der Waals surface area contributed by atoms with Crippen molar-refractivity contribution in [2.75, 3.05) is 38.1 Å². The van der Waals surface area contributed by atoms with Gasteiger partial charge >= 0.3 is 0 Å². The van der Waals surface area contributed by atoms with Crippen LogP contribution >= 0.6 is 0 Å². The second-order valence-electron chi connectivity index (χ2n) is 5.13. The number of amides is 1. The average molecular weight is 262 g/mol. The molecule has 2 rings (SSSR count). The Hall–Kier alpha value is -1.62. The number of rotatable bonds is 3. The Balaban J connectivity index is 2.08. The molecule has 0 bridgehead atoms. The molecule has 2 heterocycles. The fraction of sp³-hybridized carbons (Fsp3) is 0.571. The molecule has 1 N–H and O–H groups in total. The van der Waals surface area contributed by atoms with E-state index in [1.165, 1.54) is 6.92 Å². The third kappa shape index (κ3) is 3.67. The number of anilines is 1. The first-order chi connectivity index (χ1) is 9.06. The number of piperazine rings is 1. The third-order valence-corrected chi connectivity index (χ3v) is 3.45. The van der Waals surface area contributed by atoms with Gasteiger partial charge in [-0.1, -0.05) is 6.07 Å². The number of carbonyl (C=O) groups is 1. The number of nitrogens with zero attached hydrogens (tertiary/aromatic N) is 3. The molecule has 0 spiro atoms. The summed E-state index contributed by atoms with van der Waals surface area (Å²) in [5, 5.41) is 2.87. The van der Waals surface area contributed by atoms with Crippen LogP contribution in [0.4, 0.5) is 5.82 Å². The Bertz CT molecular complexity index is 441. The van der Waals surface area contributed by atoms with E-state index in [-0.39, 0.29) is 11.9 Å². The molecule has 19 heavy (non-hydrogen) atoms. The summed E-state index contributed by atoms with van der Waals surface area (Å²) in [5.41, 5.74) is 0.909. The Labute approximate surface area is 114 Å². The summed E-state index contributed by atoms with van der Waals surface area (Å²) in [6.45, 7) is 7.61. The average Bonchev–Trinajstić information content (AvgIpc) is 2.39. The predicted octanol–water partition coefficient (Wildman–Crippen LogP) is 1.03. The van der Waals surface area contributed by atoms with Gasteiger partial charge in [0.15, 0.2) is 0 Å². The van der Waals surface area contributed by atoms with Crippen LogP contribution in [0, 0.1) is 0 Å². The fourth-order valence-electron chi connectivity index (χ4n) is 2.27. The maximum absolute atomic E-state index is 11.1. The van der Waals surface area contributed by atoms with Crippen molar-refractivity contribution in [3.05, 3.63) is 23.9 Å². The molecular formula is C14H22N4O. The smallest absolute Gasteiger partial charge is 0.217 e. The monoisotopic (exact) mass is 262 g/mol. The zero-order valence-electron chi connectivity index (χ0n) is 11.9. The first kappa shape index (κ1) is 13.8. The van der Waals surface area contributed by atoms with E-state index in [0.29, 0.717) is 0 Å². The minimum atomic E-state index is -0.0510. The lowest BCUT2D eigenvalue weighted by atomic mass is 10.2. The molecule has 0 aliphatic carbocycles. The van der Waals surface area contributed by atoms with E-state index < -0.39 is 0 Å². The normalized spacial score (nSPS) is 18.2. The van der Waals surface area contributed by atoms with Crippen molar-refractivity contribution in [1.82, 2.24) is 15.2 Å². The molecule has 1 aromatic rings. The number of pyridine rings is 1. The molecule has 0 unspecified atom stereocenters. The van der Waals surface area contributed by atoms with Crippen LogP contribution in [0.25, 0.3) is 0 Å². The highest BCUT2D eigenvalue weighted by Gasteiger charge is 2.16. The number of aromatic nitrogens is 1. The van der Waals surface area contributed by atoms with Gasteiger partial charge in [0.25, 0.3) is 0 Å². The summed E-state index contributed by atoms with van der Waals surface area (Å²) in [6.07, 6.45) is 0. The number of carbonyl (C=O) groups excluding carboxylic acids is 1. The molecule has 1 saturated heterocycles. The van der Waals surface area contributed by atoms with E-state index in [2.05, 4.69) is 27.1 Å². The maximum Gasteiger partial charge on any atom is 0.217 e. The van der Waals surface area contributed by atoms with Gasteiger partial charge in [-0.3, -0.25) is 4.79 Å². The maximum atomic E-state index is 11.1. The predicted molar refractivity (Wildman–Crippen MR) is 76.2 cm³/mol. The molecule has 1 amide bonds. The van der Waals surface area contributed by atoms with E-state index in [9.17, 15) is 4.79 Å². The van der Waals surface area contributed by atoms with Crippen LogP contribution in [0.15, 0.2) is 18.2 Å². The van der Waals surface area contributed by atoms with Gasteiger partial charge in [0.05, 0.1) is 11.7 Å². The van der Waals surface area contributed by atoms with Crippen LogP contribution in [-0.2, 0) is 4.79 Å². The highest BCUT2D eigenvalue weighted by atomic mass is 16.1. The molecular weight excluding hydrogens is 240 g/mol. The van der Waals surface area contributed by atoms with Crippen molar-refractivity contribution >= 4 is 11.7 Å². The van der Waals surface area contributed by atoms with Crippen molar-refractivity contribution in [1.29, 1.82) is 0 Å². The molecule has 1 atom stereocenters. The minimum Gasteiger partial charge on any atom is -0.354 e. The van der Waals surface area contributed by atoms with E-state index in [1.54, 1.807) is 0 Å². The van der Waals surface area contributed by atoms with Gasteiger partial charge in [0.2, 0.25) is 5.91 Å². The molecule has 5 nitrogen and oxygen atoms in total. The van der Waals surface area contributed by atoms with Crippen molar-refractivity contribution in [3.8, 4) is 0 Å². The molecule has 1 aliphatic rings. The van der Waals surface area contributed by atoms with Gasteiger partial charge < -0.3 is 15.1 Å². The van der Waals surface area contributed by atoms with Crippen molar-refractivity contribution in [2.45, 2.75) is 19.9 Å². The van der Waals surface area contributed by atoms with E-state index in [4.69, 9.17) is 0 Å². The summed E-state index contributed by atoms with van der Waals surface area (Å²) in [6, 6.07) is 5.95. The minimum absolute atomic E-state index is 0.0284. The highest BCUT2D eigenvalue weighted by molar-refractivity contribution is 5.73. The molecule has 1 fully saturated rings. The van der Waals surface area contributed by atoms with Crippen LogP contribution in [0.5, 0.6) is 0 Å². The van der Waals surface area contributed by atoms with Crippen LogP contribution in [0.1, 0.15) is 25.6 Å². The Morgan fingerprint density at radius 3 is 2.63 bits per heavy atom. The number of hydrogen-bond donors (Lipinski definition) is 1. The van der Waals surface area contributed by atoms with E-state index in [1.807, 2.05) is 25.1 Å². The van der Waals surface area contributed by atoms with Crippen molar-refractivity contribution in [2.24, 2.45) is 0 Å². The fourth-order valence-corrected chi connectivity index (χ4v) is 2.27. The quantitative estimate of drug-likeness (QED) is 0.884. The molecule has 0 radical (unpaired) electrons. The molecule has 1 aromatic heterocycles. The lowest BCUT2D eigenvalue weighted by molar-refractivity contribution is -0.119. The van der Waals surface area contributed by atoms with E-state index >= 15 is 0 Å². The second-order valence-corrected chi connectivity index (χ2v) is 5.13. The first-order valence-corrected chi connectivity index (χ1v) is 6.74. The van der Waals surface area contributed by atoms with Crippen molar-refractivity contribution < 1.29 is 4.79 Å². The number of hydrogen-bond acceptors (Lipinski definition) is 4. The SMILES string of the molecule is CC(=O)N[C@H](C)c1cccc(N2CCN(C)CC2)n1. The van der Waals surface area contributed by atoms with Gasteiger partial charge in [-0.2, -0.15) is 0 Å². The summed E-state index contributed by atoms with van der Waals surface area (Å²) < 4.78 is 0. The topological polar surface area (TPSA) is 48.5 Å². The summed E-state index contributed by atoms with van der Waals surface area (Å²) >= 11 is 0. The highest BCUT2D eigenvalue weighted by Crippen LogP contribution is 2.17. The zero-order valence-corrected chi connectivity index (χ0v) is 11.9. The summed E-state index contributed by atoms with van der Waals surface area (Å²) in [4.78, 5) is 20.4. The number of nitrogens with one attached hydrogen (secondary N) is 1. The van der Waals surface area contributed by atoms with Crippen LogP contribution in [-0.4, -0.2) is 49.0 Å². The lowest BCUT2D eigenvalue weighted by Gasteiger charge is -2.33. The first-order valence-electron chi connectivity index (χ1n) is 6.74. The van der Waals surface area contributed by atoms with Gasteiger partial charge in [-0.25, -0.2) is 4.98 Å². The molecule has 104 valence electrons. The van der Waals surface area contributed by atoms with Crippen LogP contribution < -0.4 is 10.2 Å². The molecule has 1 aliphatic heterocycles. The zero-order chi connectivity index (χ0) is 13.8.